The minimum Gasteiger partial charge on any atom is -0.349 e. The van der Waals surface area contributed by atoms with Gasteiger partial charge in [-0.1, -0.05) is 61.5 Å². The lowest BCUT2D eigenvalue weighted by atomic mass is 10.0. The Labute approximate surface area is 194 Å². The summed E-state index contributed by atoms with van der Waals surface area (Å²) in [6.45, 7) is 5.58. The summed E-state index contributed by atoms with van der Waals surface area (Å²) in [6.07, 6.45) is 2.25. The number of carbonyl (C=O) groups is 2. The van der Waals surface area contributed by atoms with E-state index in [-0.39, 0.29) is 17.9 Å². The number of nitrogens with zero attached hydrogens (tertiary/aromatic N) is 3. The molecule has 2 aromatic carbocycles. The molecule has 0 radical (unpaired) electrons. The first kappa shape index (κ1) is 22.7. The molecule has 1 aliphatic rings. The Morgan fingerprint density at radius 2 is 1.76 bits per heavy atom. The van der Waals surface area contributed by atoms with Gasteiger partial charge in [0, 0.05) is 43.1 Å². The number of nitrogens with one attached hydrogen (secondary N) is 1. The Balaban J connectivity index is 1.23. The molecule has 1 aliphatic heterocycles. The van der Waals surface area contributed by atoms with Crippen LogP contribution in [-0.2, 0) is 11.2 Å². The SMILES string of the molecule is CC(C)c1ccc(-c2noc(CCC(=O)N3CCC(NC(=O)c4ccccc4)CC3)n2)cc1. The second kappa shape index (κ2) is 10.4. The van der Waals surface area contributed by atoms with E-state index in [1.54, 1.807) is 12.1 Å². The van der Waals surface area contributed by atoms with Crippen molar-refractivity contribution in [1.29, 1.82) is 0 Å². The average Bonchev–Trinajstić information content (AvgIpc) is 3.33. The predicted octanol–water partition coefficient (Wildman–Crippen LogP) is 4.21. The van der Waals surface area contributed by atoms with Gasteiger partial charge in [0.05, 0.1) is 0 Å². The van der Waals surface area contributed by atoms with E-state index in [1.165, 1.54) is 5.56 Å². The first-order chi connectivity index (χ1) is 16.0. The third kappa shape index (κ3) is 5.86. The van der Waals surface area contributed by atoms with Gasteiger partial charge >= 0.3 is 0 Å². The fourth-order valence-corrected chi connectivity index (χ4v) is 3.99. The van der Waals surface area contributed by atoms with E-state index in [1.807, 2.05) is 35.2 Å². The highest BCUT2D eigenvalue weighted by Gasteiger charge is 2.24. The van der Waals surface area contributed by atoms with Gasteiger partial charge < -0.3 is 14.7 Å². The third-order valence-corrected chi connectivity index (χ3v) is 6.08. The highest BCUT2D eigenvalue weighted by molar-refractivity contribution is 5.94. The van der Waals surface area contributed by atoms with Crippen LogP contribution in [0.15, 0.2) is 59.1 Å². The number of hydrogen-bond donors (Lipinski definition) is 1. The summed E-state index contributed by atoms with van der Waals surface area (Å²) < 4.78 is 5.36. The van der Waals surface area contributed by atoms with Crippen molar-refractivity contribution in [3.05, 3.63) is 71.6 Å². The zero-order valence-corrected chi connectivity index (χ0v) is 19.2. The minimum atomic E-state index is -0.0635. The molecule has 0 saturated carbocycles. The van der Waals surface area contributed by atoms with E-state index < -0.39 is 0 Å². The highest BCUT2D eigenvalue weighted by atomic mass is 16.5. The number of piperidine rings is 1. The summed E-state index contributed by atoms with van der Waals surface area (Å²) in [5.41, 5.74) is 2.82. The number of benzene rings is 2. The van der Waals surface area contributed by atoms with Gasteiger partial charge in [-0.2, -0.15) is 4.98 Å². The molecule has 1 N–H and O–H groups in total. The van der Waals surface area contributed by atoms with Crippen LogP contribution >= 0.6 is 0 Å². The van der Waals surface area contributed by atoms with Crippen molar-refractivity contribution in [3.8, 4) is 11.4 Å². The number of aromatic nitrogens is 2. The van der Waals surface area contributed by atoms with Crippen LogP contribution < -0.4 is 5.32 Å². The van der Waals surface area contributed by atoms with Gasteiger partial charge in [0.1, 0.15) is 0 Å². The van der Waals surface area contributed by atoms with Gasteiger partial charge in [0.15, 0.2) is 0 Å². The Morgan fingerprint density at radius 3 is 2.42 bits per heavy atom. The first-order valence-electron chi connectivity index (χ1n) is 11.6. The van der Waals surface area contributed by atoms with Gasteiger partial charge in [-0.15, -0.1) is 0 Å². The second-order valence-corrected chi connectivity index (χ2v) is 8.78. The van der Waals surface area contributed by atoms with Crippen LogP contribution in [0.25, 0.3) is 11.4 Å². The molecule has 0 spiro atoms. The molecule has 4 rings (SSSR count). The molecular weight excluding hydrogens is 416 g/mol. The molecule has 0 aliphatic carbocycles. The summed E-state index contributed by atoms with van der Waals surface area (Å²) >= 11 is 0. The van der Waals surface area contributed by atoms with Crippen LogP contribution in [0.5, 0.6) is 0 Å². The number of carbonyl (C=O) groups excluding carboxylic acids is 2. The number of rotatable bonds is 7. The van der Waals surface area contributed by atoms with E-state index in [9.17, 15) is 9.59 Å². The fraction of sp³-hybridized carbons (Fsp3) is 0.385. The lowest BCUT2D eigenvalue weighted by molar-refractivity contribution is -0.132. The molecule has 3 aromatic rings. The van der Waals surface area contributed by atoms with Crippen LogP contribution in [0.1, 0.15) is 60.8 Å². The van der Waals surface area contributed by atoms with E-state index in [4.69, 9.17) is 4.52 Å². The molecule has 33 heavy (non-hydrogen) atoms. The van der Waals surface area contributed by atoms with Crippen LogP contribution in [0, 0.1) is 0 Å². The maximum absolute atomic E-state index is 12.6. The van der Waals surface area contributed by atoms with Crippen molar-refractivity contribution >= 4 is 11.8 Å². The zero-order chi connectivity index (χ0) is 23.2. The number of amides is 2. The van der Waals surface area contributed by atoms with E-state index >= 15 is 0 Å². The summed E-state index contributed by atoms with van der Waals surface area (Å²) in [6, 6.07) is 17.4. The van der Waals surface area contributed by atoms with E-state index in [2.05, 4.69) is 41.4 Å². The summed E-state index contributed by atoms with van der Waals surface area (Å²) in [5, 5.41) is 7.13. The molecule has 1 saturated heterocycles. The molecule has 7 nitrogen and oxygen atoms in total. The standard InChI is InChI=1S/C26H30N4O3/c1-18(2)19-8-10-20(11-9-19)25-28-23(33-29-25)12-13-24(31)30-16-14-22(15-17-30)27-26(32)21-6-4-3-5-7-21/h3-11,18,22H,12-17H2,1-2H3,(H,27,32). The number of aryl methyl sites for hydroxylation is 1. The van der Waals surface area contributed by atoms with Gasteiger partial charge in [0.2, 0.25) is 17.6 Å². The molecule has 1 fully saturated rings. The van der Waals surface area contributed by atoms with E-state index in [0.717, 1.165) is 18.4 Å². The molecule has 0 bridgehead atoms. The van der Waals surface area contributed by atoms with Gasteiger partial charge in [-0.05, 0) is 36.5 Å². The molecule has 1 aromatic heterocycles. The Hall–Kier alpha value is -3.48. The second-order valence-electron chi connectivity index (χ2n) is 8.78. The number of hydrogen-bond acceptors (Lipinski definition) is 5. The van der Waals surface area contributed by atoms with Crippen molar-refractivity contribution < 1.29 is 14.1 Å². The van der Waals surface area contributed by atoms with E-state index in [0.29, 0.717) is 49.1 Å². The topological polar surface area (TPSA) is 88.3 Å². The van der Waals surface area contributed by atoms with Crippen molar-refractivity contribution in [2.24, 2.45) is 0 Å². The summed E-state index contributed by atoms with van der Waals surface area (Å²) in [7, 11) is 0. The smallest absolute Gasteiger partial charge is 0.251 e. The van der Waals surface area contributed by atoms with Crippen molar-refractivity contribution in [2.45, 2.75) is 51.5 Å². The normalized spacial score (nSPS) is 14.5. The lowest BCUT2D eigenvalue weighted by Gasteiger charge is -2.32. The third-order valence-electron chi connectivity index (χ3n) is 6.08. The largest absolute Gasteiger partial charge is 0.349 e. The molecule has 2 heterocycles. The highest BCUT2D eigenvalue weighted by Crippen LogP contribution is 2.21. The molecule has 0 atom stereocenters. The van der Waals surface area contributed by atoms with Crippen LogP contribution in [0.2, 0.25) is 0 Å². The lowest BCUT2D eigenvalue weighted by Crippen LogP contribution is -2.46. The molecule has 172 valence electrons. The maximum atomic E-state index is 12.6. The molecule has 7 heteroatoms. The van der Waals surface area contributed by atoms with Crippen LogP contribution in [0.4, 0.5) is 0 Å². The summed E-state index contributed by atoms with van der Waals surface area (Å²) in [5.74, 6) is 1.49. The molecular formula is C26H30N4O3. The van der Waals surface area contributed by atoms with Crippen molar-refractivity contribution in [2.75, 3.05) is 13.1 Å². The quantitative estimate of drug-likeness (QED) is 0.587. The van der Waals surface area contributed by atoms with Gasteiger partial charge in [-0.25, -0.2) is 0 Å². The average molecular weight is 447 g/mol. The fourth-order valence-electron chi connectivity index (χ4n) is 3.99. The molecule has 0 unspecified atom stereocenters. The number of likely N-dealkylation sites (tertiary alicyclic amines) is 1. The van der Waals surface area contributed by atoms with Crippen LogP contribution in [-0.4, -0.2) is 46.0 Å². The van der Waals surface area contributed by atoms with Crippen LogP contribution in [0.3, 0.4) is 0 Å². The molecule has 2 amide bonds. The van der Waals surface area contributed by atoms with Gasteiger partial charge in [-0.3, -0.25) is 9.59 Å². The Morgan fingerprint density at radius 1 is 1.06 bits per heavy atom. The van der Waals surface area contributed by atoms with Gasteiger partial charge in [0.25, 0.3) is 5.91 Å². The summed E-state index contributed by atoms with van der Waals surface area (Å²) in [4.78, 5) is 31.3. The van der Waals surface area contributed by atoms with Crippen molar-refractivity contribution in [1.82, 2.24) is 20.4 Å². The maximum Gasteiger partial charge on any atom is 0.251 e. The zero-order valence-electron chi connectivity index (χ0n) is 19.2. The predicted molar refractivity (Wildman–Crippen MR) is 126 cm³/mol. The monoisotopic (exact) mass is 446 g/mol. The Kier molecular flexibility index (Phi) is 7.17. The Bertz CT molecular complexity index is 1070. The van der Waals surface area contributed by atoms with Crippen molar-refractivity contribution in [3.63, 3.8) is 0 Å². The minimum absolute atomic E-state index is 0.0635. The first-order valence-corrected chi connectivity index (χ1v) is 11.6.